The maximum absolute atomic E-state index is 12.5. The van der Waals surface area contributed by atoms with Crippen molar-refractivity contribution in [1.29, 1.82) is 0 Å². The fraction of sp³-hybridized carbons (Fsp3) is 0.143. The van der Waals surface area contributed by atoms with Crippen LogP contribution in [-0.2, 0) is 16.6 Å². The number of ether oxygens (including phenoxy) is 1. The van der Waals surface area contributed by atoms with Crippen LogP contribution in [-0.4, -0.2) is 26.4 Å². The third kappa shape index (κ3) is 5.32. The molecule has 0 unspecified atom stereocenters. The van der Waals surface area contributed by atoms with E-state index in [-0.39, 0.29) is 10.8 Å². The number of carbonyl (C=O) groups is 1. The number of aryl methyl sites for hydroxylation is 1. The number of hydrogen-bond donors (Lipinski definition) is 2. The van der Waals surface area contributed by atoms with Crippen LogP contribution in [0.2, 0.25) is 0 Å². The minimum Gasteiger partial charge on any atom is -0.481 e. The number of nitrogens with one attached hydrogen (secondary N) is 2. The highest BCUT2D eigenvalue weighted by Crippen LogP contribution is 2.17. The molecule has 150 valence electrons. The Labute approximate surface area is 169 Å². The lowest BCUT2D eigenvalue weighted by molar-refractivity contribution is 0.0950. The Bertz CT molecular complexity index is 1100. The second-order valence-corrected chi connectivity index (χ2v) is 8.07. The molecule has 3 rings (SSSR count). The van der Waals surface area contributed by atoms with Crippen LogP contribution in [0.25, 0.3) is 0 Å². The largest absolute Gasteiger partial charge is 0.481 e. The van der Waals surface area contributed by atoms with E-state index >= 15 is 0 Å². The molecule has 0 saturated heterocycles. The molecule has 7 nitrogen and oxygen atoms in total. The van der Waals surface area contributed by atoms with E-state index in [4.69, 9.17) is 4.74 Å². The summed E-state index contributed by atoms with van der Waals surface area (Å²) in [5, 5.41) is 2.78. The molecule has 0 saturated carbocycles. The second-order valence-electron chi connectivity index (χ2n) is 6.39. The summed E-state index contributed by atoms with van der Waals surface area (Å²) < 4.78 is 32.6. The average Bonchev–Trinajstić information content (AvgIpc) is 2.74. The first-order chi connectivity index (χ1) is 13.9. The van der Waals surface area contributed by atoms with E-state index in [0.717, 1.165) is 11.1 Å². The van der Waals surface area contributed by atoms with Gasteiger partial charge in [-0.2, -0.15) is 0 Å². The predicted molar refractivity (Wildman–Crippen MR) is 110 cm³/mol. The van der Waals surface area contributed by atoms with Crippen molar-refractivity contribution in [3.63, 3.8) is 0 Å². The van der Waals surface area contributed by atoms with Crippen molar-refractivity contribution in [1.82, 2.24) is 10.3 Å². The molecular weight excluding hydrogens is 390 g/mol. The fourth-order valence-corrected chi connectivity index (χ4v) is 3.64. The van der Waals surface area contributed by atoms with Crippen molar-refractivity contribution in [2.75, 3.05) is 11.8 Å². The quantitative estimate of drug-likeness (QED) is 0.623. The molecular formula is C21H21N3O4S. The average molecular weight is 411 g/mol. The Morgan fingerprint density at radius 2 is 1.72 bits per heavy atom. The van der Waals surface area contributed by atoms with Gasteiger partial charge in [0.15, 0.2) is 0 Å². The molecule has 29 heavy (non-hydrogen) atoms. The summed E-state index contributed by atoms with van der Waals surface area (Å²) in [6, 6.07) is 16.3. The van der Waals surface area contributed by atoms with Gasteiger partial charge in [-0.25, -0.2) is 13.4 Å². The smallest absolute Gasteiger partial charge is 0.261 e. The molecule has 2 aromatic carbocycles. The summed E-state index contributed by atoms with van der Waals surface area (Å²) >= 11 is 0. The Hall–Kier alpha value is -3.39. The van der Waals surface area contributed by atoms with E-state index in [9.17, 15) is 13.2 Å². The second kappa shape index (κ2) is 8.74. The lowest BCUT2D eigenvalue weighted by Crippen LogP contribution is -2.23. The number of nitrogens with zero attached hydrogens (tertiary/aromatic N) is 1. The van der Waals surface area contributed by atoms with Crippen LogP contribution in [0, 0.1) is 6.92 Å². The number of hydrogen-bond acceptors (Lipinski definition) is 5. The van der Waals surface area contributed by atoms with Crippen LogP contribution in [0.1, 0.15) is 21.5 Å². The number of benzene rings is 2. The van der Waals surface area contributed by atoms with Gasteiger partial charge in [-0.3, -0.25) is 9.52 Å². The van der Waals surface area contributed by atoms with Crippen LogP contribution in [0.5, 0.6) is 5.88 Å². The van der Waals surface area contributed by atoms with E-state index in [1.165, 1.54) is 31.4 Å². The maximum atomic E-state index is 12.5. The van der Waals surface area contributed by atoms with Gasteiger partial charge in [0.25, 0.3) is 15.9 Å². The number of rotatable bonds is 7. The molecule has 3 aromatic rings. The molecule has 2 N–H and O–H groups in total. The fourth-order valence-electron chi connectivity index (χ4n) is 2.58. The van der Waals surface area contributed by atoms with Crippen molar-refractivity contribution in [2.45, 2.75) is 18.4 Å². The minimum atomic E-state index is -3.73. The molecule has 8 heteroatoms. The molecule has 0 atom stereocenters. The number of anilines is 1. The number of aromatic nitrogens is 1. The predicted octanol–water partition coefficient (Wildman–Crippen LogP) is 3.13. The van der Waals surface area contributed by atoms with Gasteiger partial charge in [0, 0.05) is 30.1 Å². The summed E-state index contributed by atoms with van der Waals surface area (Å²) in [6.45, 7) is 2.22. The maximum Gasteiger partial charge on any atom is 0.261 e. The molecule has 1 aromatic heterocycles. The van der Waals surface area contributed by atoms with Crippen LogP contribution in [0.15, 0.2) is 71.8 Å². The lowest BCUT2D eigenvalue weighted by Gasteiger charge is -2.10. The van der Waals surface area contributed by atoms with Crippen molar-refractivity contribution in [3.05, 3.63) is 83.6 Å². The van der Waals surface area contributed by atoms with Gasteiger partial charge in [-0.05, 0) is 55.0 Å². The highest BCUT2D eigenvalue weighted by molar-refractivity contribution is 7.92. The molecule has 0 aliphatic carbocycles. The lowest BCUT2D eigenvalue weighted by atomic mass is 10.2. The zero-order valence-corrected chi connectivity index (χ0v) is 16.9. The van der Waals surface area contributed by atoms with E-state index in [2.05, 4.69) is 15.0 Å². The molecule has 0 aliphatic rings. The van der Waals surface area contributed by atoms with Gasteiger partial charge in [0.2, 0.25) is 5.88 Å². The van der Waals surface area contributed by atoms with Crippen molar-refractivity contribution >= 4 is 21.6 Å². The Balaban J connectivity index is 1.65. The third-order valence-corrected chi connectivity index (χ3v) is 5.59. The minimum absolute atomic E-state index is 0.0773. The first-order valence-electron chi connectivity index (χ1n) is 8.84. The summed E-state index contributed by atoms with van der Waals surface area (Å²) in [4.78, 5) is 16.4. The van der Waals surface area contributed by atoms with Crippen LogP contribution in [0.3, 0.4) is 0 Å². The van der Waals surface area contributed by atoms with Gasteiger partial charge < -0.3 is 10.1 Å². The number of carbonyl (C=O) groups excluding carboxylic acids is 1. The Kier molecular flexibility index (Phi) is 6.13. The summed E-state index contributed by atoms with van der Waals surface area (Å²) in [7, 11) is -2.21. The first kappa shape index (κ1) is 20.3. The SMILES string of the molecule is COc1cc(CNC(=O)c2ccc(S(=O)(=O)Nc3ccc(C)cc3)cc2)ccn1. The van der Waals surface area contributed by atoms with Crippen LogP contribution < -0.4 is 14.8 Å². The van der Waals surface area contributed by atoms with Crippen molar-refractivity contribution < 1.29 is 17.9 Å². The summed E-state index contributed by atoms with van der Waals surface area (Å²) in [6.07, 6.45) is 1.60. The highest BCUT2D eigenvalue weighted by Gasteiger charge is 2.15. The molecule has 0 fully saturated rings. The van der Waals surface area contributed by atoms with Gasteiger partial charge in [-0.15, -0.1) is 0 Å². The normalized spacial score (nSPS) is 11.0. The van der Waals surface area contributed by atoms with Gasteiger partial charge in [0.1, 0.15) is 0 Å². The Morgan fingerprint density at radius 1 is 1.03 bits per heavy atom. The van der Waals surface area contributed by atoms with Gasteiger partial charge in [-0.1, -0.05) is 17.7 Å². The van der Waals surface area contributed by atoms with Gasteiger partial charge in [0.05, 0.1) is 12.0 Å². The highest BCUT2D eigenvalue weighted by atomic mass is 32.2. The first-order valence-corrected chi connectivity index (χ1v) is 10.3. The zero-order valence-electron chi connectivity index (χ0n) is 16.0. The van der Waals surface area contributed by atoms with E-state index in [0.29, 0.717) is 23.7 Å². The number of sulfonamides is 1. The van der Waals surface area contributed by atoms with Crippen LogP contribution >= 0.6 is 0 Å². The third-order valence-electron chi connectivity index (χ3n) is 4.19. The molecule has 1 heterocycles. The topological polar surface area (TPSA) is 97.4 Å². The Morgan fingerprint density at radius 3 is 2.38 bits per heavy atom. The monoisotopic (exact) mass is 411 g/mol. The standard InChI is InChI=1S/C21H21N3O4S/c1-15-3-7-18(8-4-15)24-29(26,27)19-9-5-17(6-10-19)21(25)23-14-16-11-12-22-20(13-16)28-2/h3-13,24H,14H2,1-2H3,(H,23,25). The van der Waals surface area contributed by atoms with Crippen molar-refractivity contribution in [2.24, 2.45) is 0 Å². The van der Waals surface area contributed by atoms with Gasteiger partial charge >= 0.3 is 0 Å². The molecule has 0 bridgehead atoms. The van der Waals surface area contributed by atoms with E-state index in [1.54, 1.807) is 30.5 Å². The van der Waals surface area contributed by atoms with E-state index in [1.807, 2.05) is 19.1 Å². The van der Waals surface area contributed by atoms with Crippen molar-refractivity contribution in [3.8, 4) is 5.88 Å². The summed E-state index contributed by atoms with van der Waals surface area (Å²) in [5.74, 6) is 0.156. The number of pyridine rings is 1. The van der Waals surface area contributed by atoms with E-state index < -0.39 is 10.0 Å². The number of amides is 1. The summed E-state index contributed by atoms with van der Waals surface area (Å²) in [5.41, 5.74) is 2.71. The molecule has 1 amide bonds. The molecule has 0 spiro atoms. The van der Waals surface area contributed by atoms with Crippen LogP contribution in [0.4, 0.5) is 5.69 Å². The molecule has 0 radical (unpaired) electrons. The molecule has 0 aliphatic heterocycles. The number of methoxy groups -OCH3 is 1. The zero-order chi connectivity index (χ0) is 20.9.